The molecule has 2 heterocycles. The molecule has 4 rings (SSSR count). The molecule has 0 unspecified atom stereocenters. The first-order valence-corrected chi connectivity index (χ1v) is 11.6. The zero-order valence-corrected chi connectivity index (χ0v) is 18.7. The molecule has 0 radical (unpaired) electrons. The molecule has 0 saturated carbocycles. The fraction of sp³-hybridized carbons (Fsp3) is 0.217. The average molecular weight is 451 g/mol. The Balaban J connectivity index is 1.66. The summed E-state index contributed by atoms with van der Waals surface area (Å²) >= 11 is 0. The lowest BCUT2D eigenvalue weighted by Gasteiger charge is -2.09. The second kappa shape index (κ2) is 8.60. The number of hydrogen-bond donors (Lipinski definition) is 1. The van der Waals surface area contributed by atoms with Crippen LogP contribution in [-0.4, -0.2) is 38.9 Å². The summed E-state index contributed by atoms with van der Waals surface area (Å²) in [7, 11) is -3.35. The first-order chi connectivity index (χ1) is 15.3. The predicted molar refractivity (Wildman–Crippen MR) is 119 cm³/mol. The molecule has 0 bridgehead atoms. The van der Waals surface area contributed by atoms with Crippen molar-refractivity contribution in [2.45, 2.75) is 37.5 Å². The smallest absolute Gasteiger partial charge is 0.268 e. The van der Waals surface area contributed by atoms with Gasteiger partial charge in [0.25, 0.3) is 5.89 Å². The molecule has 2 aromatic heterocycles. The first kappa shape index (κ1) is 21.8. The van der Waals surface area contributed by atoms with Crippen LogP contribution in [0.5, 0.6) is 0 Å². The third kappa shape index (κ3) is 4.17. The summed E-state index contributed by atoms with van der Waals surface area (Å²) in [5.74, 6) is 0.566. The van der Waals surface area contributed by atoms with E-state index in [2.05, 4.69) is 20.2 Å². The molecule has 0 aliphatic rings. The van der Waals surface area contributed by atoms with E-state index in [4.69, 9.17) is 4.42 Å². The van der Waals surface area contributed by atoms with Crippen molar-refractivity contribution < 1.29 is 17.9 Å². The maximum atomic E-state index is 12.4. The molecule has 1 N–H and O–H groups in total. The molecule has 0 aliphatic carbocycles. The van der Waals surface area contributed by atoms with Crippen molar-refractivity contribution in [2.24, 2.45) is 0 Å². The van der Waals surface area contributed by atoms with Gasteiger partial charge in [-0.25, -0.2) is 13.4 Å². The van der Waals surface area contributed by atoms with Crippen LogP contribution in [0.2, 0.25) is 0 Å². The van der Waals surface area contributed by atoms with E-state index in [1.807, 2.05) is 0 Å². The van der Waals surface area contributed by atoms with E-state index in [0.29, 0.717) is 23.0 Å². The van der Waals surface area contributed by atoms with Crippen molar-refractivity contribution in [1.82, 2.24) is 20.2 Å². The summed E-state index contributed by atoms with van der Waals surface area (Å²) in [6, 6.07) is 13.7. The highest BCUT2D eigenvalue weighted by Gasteiger charge is 2.20. The van der Waals surface area contributed by atoms with E-state index in [1.54, 1.807) is 75.5 Å². The lowest BCUT2D eigenvalue weighted by Crippen LogP contribution is -2.13. The fourth-order valence-corrected chi connectivity index (χ4v) is 4.13. The van der Waals surface area contributed by atoms with E-state index in [1.165, 1.54) is 0 Å². The monoisotopic (exact) mass is 450 g/mol. The maximum absolute atomic E-state index is 12.4. The highest BCUT2D eigenvalue weighted by atomic mass is 32.2. The second-order valence-corrected chi connectivity index (χ2v) is 10.1. The Morgan fingerprint density at radius 2 is 1.56 bits per heavy atom. The van der Waals surface area contributed by atoms with Crippen LogP contribution in [-0.2, 0) is 16.4 Å². The summed E-state index contributed by atoms with van der Waals surface area (Å²) in [4.78, 5) is 9.30. The van der Waals surface area contributed by atoms with Gasteiger partial charge in [0.05, 0.1) is 34.3 Å². The zero-order chi connectivity index (χ0) is 22.9. The Morgan fingerprint density at radius 1 is 0.938 bits per heavy atom. The van der Waals surface area contributed by atoms with Gasteiger partial charge in [-0.3, -0.25) is 4.98 Å². The van der Waals surface area contributed by atoms with E-state index in [-0.39, 0.29) is 17.4 Å². The number of benzene rings is 2. The fourth-order valence-electron chi connectivity index (χ4n) is 3.07. The van der Waals surface area contributed by atoms with Crippen LogP contribution in [0.25, 0.3) is 34.3 Å². The molecule has 0 amide bonds. The molecule has 0 saturated heterocycles. The van der Waals surface area contributed by atoms with Gasteiger partial charge in [-0.15, -0.1) is 10.2 Å². The topological polar surface area (TPSA) is 119 Å². The van der Waals surface area contributed by atoms with Gasteiger partial charge in [0, 0.05) is 11.1 Å². The number of aryl methyl sites for hydroxylation is 1. The lowest BCUT2D eigenvalue weighted by molar-refractivity contribution is 0.282. The summed E-state index contributed by atoms with van der Waals surface area (Å²) in [6.07, 6.45) is 1.62. The van der Waals surface area contributed by atoms with Gasteiger partial charge in [0.1, 0.15) is 5.69 Å². The Kier molecular flexibility index (Phi) is 5.86. The van der Waals surface area contributed by atoms with E-state index in [9.17, 15) is 13.5 Å². The van der Waals surface area contributed by atoms with E-state index >= 15 is 0 Å². The van der Waals surface area contributed by atoms with Crippen LogP contribution in [0.3, 0.4) is 0 Å². The Labute approximate surface area is 185 Å². The highest BCUT2D eigenvalue weighted by Crippen LogP contribution is 2.27. The normalized spacial score (nSPS) is 11.8. The largest absolute Gasteiger partial charge is 0.415 e. The van der Waals surface area contributed by atoms with Crippen molar-refractivity contribution in [1.29, 1.82) is 0 Å². The van der Waals surface area contributed by atoms with Gasteiger partial charge in [-0.2, -0.15) is 0 Å². The van der Waals surface area contributed by atoms with Crippen LogP contribution in [0.15, 0.2) is 64.0 Å². The van der Waals surface area contributed by atoms with E-state index in [0.717, 1.165) is 16.7 Å². The minimum atomic E-state index is -3.35. The molecule has 2 aromatic carbocycles. The van der Waals surface area contributed by atoms with Crippen molar-refractivity contribution in [3.05, 3.63) is 66.0 Å². The molecular weight excluding hydrogens is 428 g/mol. The van der Waals surface area contributed by atoms with Gasteiger partial charge >= 0.3 is 0 Å². The second-order valence-electron chi connectivity index (χ2n) is 7.57. The van der Waals surface area contributed by atoms with E-state index < -0.39 is 15.1 Å². The van der Waals surface area contributed by atoms with Crippen LogP contribution < -0.4 is 0 Å². The first-order valence-electron chi connectivity index (χ1n) is 10.0. The molecule has 0 atom stereocenters. The SMILES string of the molecule is Cc1ncc(-c2ccc(S(=O)(=O)C(C)C)cc2)nc1-c1nnc(-c2ccc(CO)cc2)o1. The number of aliphatic hydroxyl groups excluding tert-OH is 1. The number of rotatable bonds is 6. The highest BCUT2D eigenvalue weighted by molar-refractivity contribution is 7.92. The molecule has 0 aliphatic heterocycles. The van der Waals surface area contributed by atoms with Crippen molar-refractivity contribution >= 4 is 9.84 Å². The number of aromatic nitrogens is 4. The van der Waals surface area contributed by atoms with Gasteiger partial charge < -0.3 is 9.52 Å². The average Bonchev–Trinajstić information content (AvgIpc) is 3.29. The third-order valence-corrected chi connectivity index (χ3v) is 7.24. The minimum Gasteiger partial charge on any atom is -0.415 e. The molecule has 0 spiro atoms. The summed E-state index contributed by atoms with van der Waals surface area (Å²) < 4.78 is 30.5. The predicted octanol–water partition coefficient (Wildman–Crippen LogP) is 3.84. The van der Waals surface area contributed by atoms with Crippen molar-refractivity contribution in [3.63, 3.8) is 0 Å². The molecule has 32 heavy (non-hydrogen) atoms. The summed E-state index contributed by atoms with van der Waals surface area (Å²) in [5, 5.41) is 16.9. The molecule has 8 nitrogen and oxygen atoms in total. The molecular formula is C23H22N4O4S. The van der Waals surface area contributed by atoms with Gasteiger partial charge in [-0.1, -0.05) is 24.3 Å². The number of sulfone groups is 1. The molecule has 4 aromatic rings. The lowest BCUT2D eigenvalue weighted by atomic mass is 10.1. The Morgan fingerprint density at radius 3 is 2.19 bits per heavy atom. The Bertz CT molecular complexity index is 1350. The quantitative estimate of drug-likeness (QED) is 0.470. The number of nitrogens with zero attached hydrogens (tertiary/aromatic N) is 4. The molecule has 0 fully saturated rings. The standard InChI is InChI=1S/C23H22N4O4S/c1-14(2)32(29,30)19-10-8-17(9-11-19)20-12-24-15(3)21(25-20)23-27-26-22(31-23)18-6-4-16(13-28)5-7-18/h4-12,14,28H,13H2,1-3H3. The van der Waals surface area contributed by atoms with Gasteiger partial charge in [0.2, 0.25) is 5.89 Å². The zero-order valence-electron chi connectivity index (χ0n) is 17.8. The van der Waals surface area contributed by atoms with Crippen LogP contribution in [0.1, 0.15) is 25.1 Å². The summed E-state index contributed by atoms with van der Waals surface area (Å²) in [6.45, 7) is 5.06. The number of aliphatic hydroxyl groups is 1. The van der Waals surface area contributed by atoms with Crippen LogP contribution >= 0.6 is 0 Å². The maximum Gasteiger partial charge on any atom is 0.268 e. The van der Waals surface area contributed by atoms with Crippen LogP contribution in [0.4, 0.5) is 0 Å². The summed E-state index contributed by atoms with van der Waals surface area (Å²) in [5.41, 5.74) is 3.87. The van der Waals surface area contributed by atoms with Gasteiger partial charge in [-0.05, 0) is 50.6 Å². The number of hydrogen-bond acceptors (Lipinski definition) is 8. The van der Waals surface area contributed by atoms with Crippen molar-refractivity contribution in [2.75, 3.05) is 0 Å². The van der Waals surface area contributed by atoms with Crippen molar-refractivity contribution in [3.8, 4) is 34.3 Å². The third-order valence-electron chi connectivity index (χ3n) is 5.07. The Hall–Kier alpha value is -3.43. The van der Waals surface area contributed by atoms with Crippen LogP contribution in [0, 0.1) is 6.92 Å². The van der Waals surface area contributed by atoms with Gasteiger partial charge in [0.15, 0.2) is 9.84 Å². The molecule has 9 heteroatoms. The molecule has 164 valence electrons. The minimum absolute atomic E-state index is 0.0404.